The van der Waals surface area contributed by atoms with Crippen molar-refractivity contribution in [1.82, 2.24) is 0 Å². The van der Waals surface area contributed by atoms with Crippen molar-refractivity contribution in [2.45, 2.75) is 31.8 Å². The van der Waals surface area contributed by atoms with Gasteiger partial charge in [-0.3, -0.25) is 0 Å². The van der Waals surface area contributed by atoms with E-state index in [9.17, 15) is 9.50 Å². The smallest absolute Gasteiger partial charge is 0.142 e. The van der Waals surface area contributed by atoms with E-state index in [-0.39, 0.29) is 5.02 Å². The first-order chi connectivity index (χ1) is 8.66. The van der Waals surface area contributed by atoms with Crippen LogP contribution in [-0.2, 0) is 6.42 Å². The third-order valence-electron chi connectivity index (χ3n) is 3.43. The van der Waals surface area contributed by atoms with Crippen LogP contribution < -0.4 is 0 Å². The van der Waals surface area contributed by atoms with Crippen molar-refractivity contribution in [3.05, 3.63) is 34.6 Å². The number of hydrogen-bond donors (Lipinski definition) is 1. The zero-order chi connectivity index (χ0) is 13.0. The molecule has 0 amide bonds. The minimum atomic E-state index is -0.419. The van der Waals surface area contributed by atoms with Gasteiger partial charge in [-0.1, -0.05) is 23.7 Å². The van der Waals surface area contributed by atoms with Crippen molar-refractivity contribution in [2.24, 2.45) is 5.92 Å². The molecule has 1 aromatic rings. The maximum absolute atomic E-state index is 13.3. The van der Waals surface area contributed by atoms with E-state index in [0.717, 1.165) is 6.42 Å². The minimum Gasteiger partial charge on any atom is -0.393 e. The Balaban J connectivity index is 1.90. The van der Waals surface area contributed by atoms with Crippen LogP contribution in [0.4, 0.5) is 4.39 Å². The van der Waals surface area contributed by atoms with E-state index in [1.165, 1.54) is 30.4 Å². The van der Waals surface area contributed by atoms with Crippen molar-refractivity contribution in [2.75, 3.05) is 11.5 Å². The second-order valence-electron chi connectivity index (χ2n) is 4.86. The summed E-state index contributed by atoms with van der Waals surface area (Å²) in [4.78, 5) is 0. The van der Waals surface area contributed by atoms with Crippen LogP contribution >= 0.6 is 23.4 Å². The zero-order valence-corrected chi connectivity index (χ0v) is 11.8. The van der Waals surface area contributed by atoms with Gasteiger partial charge in [0.2, 0.25) is 0 Å². The Morgan fingerprint density at radius 1 is 1.39 bits per heavy atom. The molecule has 1 atom stereocenters. The molecule has 100 valence electrons. The molecular weight excluding hydrogens is 271 g/mol. The van der Waals surface area contributed by atoms with Crippen molar-refractivity contribution < 1.29 is 9.50 Å². The van der Waals surface area contributed by atoms with Gasteiger partial charge in [0.25, 0.3) is 0 Å². The third-order valence-corrected chi connectivity index (χ3v) is 4.91. The normalized spacial score (nSPS) is 18.8. The molecule has 1 N–H and O–H groups in total. The maximum Gasteiger partial charge on any atom is 0.142 e. The summed E-state index contributed by atoms with van der Waals surface area (Å²) in [5.74, 6) is 2.58. The molecule has 18 heavy (non-hydrogen) atoms. The molecule has 0 bridgehead atoms. The molecule has 1 aromatic carbocycles. The summed E-state index contributed by atoms with van der Waals surface area (Å²) in [6.07, 6.45) is 3.18. The number of benzene rings is 1. The molecule has 0 saturated carbocycles. The van der Waals surface area contributed by atoms with Crippen LogP contribution in [0.1, 0.15) is 24.8 Å². The maximum atomic E-state index is 13.3. The first kappa shape index (κ1) is 14.2. The molecule has 0 aromatic heterocycles. The number of aliphatic hydroxyl groups excluding tert-OH is 1. The fraction of sp³-hybridized carbons (Fsp3) is 0.571. The van der Waals surface area contributed by atoms with Crippen molar-refractivity contribution in [1.29, 1.82) is 0 Å². The number of thioether (sulfide) groups is 1. The largest absolute Gasteiger partial charge is 0.393 e. The second-order valence-corrected chi connectivity index (χ2v) is 6.47. The number of halogens is 2. The van der Waals surface area contributed by atoms with Crippen LogP contribution in [0, 0.1) is 11.7 Å². The quantitative estimate of drug-likeness (QED) is 0.906. The summed E-state index contributed by atoms with van der Waals surface area (Å²) < 4.78 is 13.3. The Labute approximate surface area is 117 Å². The summed E-state index contributed by atoms with van der Waals surface area (Å²) in [6, 6.07) is 4.77. The fourth-order valence-corrected chi connectivity index (χ4v) is 3.82. The van der Waals surface area contributed by atoms with Gasteiger partial charge in [0.05, 0.1) is 11.1 Å². The summed E-state index contributed by atoms with van der Waals surface area (Å²) in [5.41, 5.74) is 0.703. The monoisotopic (exact) mass is 288 g/mol. The Morgan fingerprint density at radius 3 is 2.83 bits per heavy atom. The van der Waals surface area contributed by atoms with Gasteiger partial charge in [-0.05, 0) is 54.7 Å². The lowest BCUT2D eigenvalue weighted by molar-refractivity contribution is 0.139. The lowest BCUT2D eigenvalue weighted by Gasteiger charge is -2.24. The molecule has 1 aliphatic heterocycles. The predicted octanol–water partition coefficient (Wildman–Crippen LogP) is 3.92. The molecule has 1 saturated heterocycles. The molecule has 4 heteroatoms. The summed E-state index contributed by atoms with van der Waals surface area (Å²) in [5, 5.41) is 10.2. The van der Waals surface area contributed by atoms with Crippen LogP contribution in [0.2, 0.25) is 5.02 Å². The minimum absolute atomic E-state index is 0.149. The Hall–Kier alpha value is -0.250. The summed E-state index contributed by atoms with van der Waals surface area (Å²) >= 11 is 7.87. The summed E-state index contributed by atoms with van der Waals surface area (Å²) in [6.45, 7) is 0. The lowest BCUT2D eigenvalue weighted by atomic mass is 9.93. The highest BCUT2D eigenvalue weighted by atomic mass is 35.5. The zero-order valence-electron chi connectivity index (χ0n) is 10.2. The predicted molar refractivity (Wildman–Crippen MR) is 75.8 cm³/mol. The van der Waals surface area contributed by atoms with Gasteiger partial charge in [0, 0.05) is 0 Å². The standard InChI is InChI=1S/C14H18ClFOS/c15-14-11(2-1-3-13(14)16)9-12(17)8-10-4-6-18-7-5-10/h1-3,10,12,17H,4-9H2. The van der Waals surface area contributed by atoms with Crippen LogP contribution in [0.5, 0.6) is 0 Å². The molecule has 2 rings (SSSR count). The third kappa shape index (κ3) is 3.87. The molecule has 0 radical (unpaired) electrons. The fourth-order valence-electron chi connectivity index (χ4n) is 2.41. The molecule has 1 heterocycles. The van der Waals surface area contributed by atoms with Gasteiger partial charge in [0.1, 0.15) is 5.82 Å². The van der Waals surface area contributed by atoms with Crippen molar-refractivity contribution in [3.63, 3.8) is 0 Å². The van der Waals surface area contributed by atoms with Crippen LogP contribution in [0.25, 0.3) is 0 Å². The first-order valence-corrected chi connectivity index (χ1v) is 7.88. The molecule has 1 unspecified atom stereocenters. The van der Waals surface area contributed by atoms with Crippen LogP contribution in [0.3, 0.4) is 0 Å². The van der Waals surface area contributed by atoms with Crippen LogP contribution in [0.15, 0.2) is 18.2 Å². The van der Waals surface area contributed by atoms with Gasteiger partial charge in [-0.2, -0.15) is 11.8 Å². The van der Waals surface area contributed by atoms with E-state index in [1.807, 2.05) is 11.8 Å². The highest BCUT2D eigenvalue weighted by molar-refractivity contribution is 7.99. The molecule has 1 fully saturated rings. The summed E-state index contributed by atoms with van der Waals surface area (Å²) in [7, 11) is 0. The van der Waals surface area contributed by atoms with Gasteiger partial charge in [-0.15, -0.1) is 0 Å². The Bertz CT molecular complexity index is 393. The van der Waals surface area contributed by atoms with Gasteiger partial charge >= 0.3 is 0 Å². The van der Waals surface area contributed by atoms with Crippen molar-refractivity contribution in [3.8, 4) is 0 Å². The van der Waals surface area contributed by atoms with Crippen molar-refractivity contribution >= 4 is 23.4 Å². The van der Waals surface area contributed by atoms with Crippen LogP contribution in [-0.4, -0.2) is 22.7 Å². The molecule has 0 spiro atoms. The topological polar surface area (TPSA) is 20.2 Å². The Kier molecular flexibility index (Phi) is 5.34. The van der Waals surface area contributed by atoms with E-state index in [2.05, 4.69) is 0 Å². The lowest BCUT2D eigenvalue weighted by Crippen LogP contribution is -2.19. The molecule has 1 aliphatic rings. The molecule has 0 aliphatic carbocycles. The first-order valence-electron chi connectivity index (χ1n) is 6.35. The SMILES string of the molecule is OC(Cc1cccc(F)c1Cl)CC1CCSCC1. The van der Waals surface area contributed by atoms with Gasteiger partial charge in [0.15, 0.2) is 0 Å². The van der Waals surface area contributed by atoms with E-state index >= 15 is 0 Å². The Morgan fingerprint density at radius 2 is 2.11 bits per heavy atom. The highest BCUT2D eigenvalue weighted by Gasteiger charge is 2.19. The average molecular weight is 289 g/mol. The molecule has 1 nitrogen and oxygen atoms in total. The number of hydrogen-bond acceptors (Lipinski definition) is 2. The van der Waals surface area contributed by atoms with E-state index in [4.69, 9.17) is 11.6 Å². The molecular formula is C14H18ClFOS. The van der Waals surface area contributed by atoms with Gasteiger partial charge in [-0.25, -0.2) is 4.39 Å². The van der Waals surface area contributed by atoms with E-state index in [0.29, 0.717) is 17.9 Å². The van der Waals surface area contributed by atoms with Gasteiger partial charge < -0.3 is 5.11 Å². The second kappa shape index (κ2) is 6.78. The number of rotatable bonds is 4. The number of aliphatic hydroxyl groups is 1. The average Bonchev–Trinajstić information content (AvgIpc) is 2.36. The van der Waals surface area contributed by atoms with E-state index in [1.54, 1.807) is 12.1 Å². The van der Waals surface area contributed by atoms with E-state index < -0.39 is 11.9 Å². The highest BCUT2D eigenvalue weighted by Crippen LogP contribution is 2.28.